The highest BCUT2D eigenvalue weighted by Gasteiger charge is 2.31. The summed E-state index contributed by atoms with van der Waals surface area (Å²) in [6.45, 7) is 35.2. The normalized spacial score (nSPS) is 13.7. The molecule has 2 atom stereocenters. The van der Waals surface area contributed by atoms with Crippen LogP contribution >= 0.6 is 0 Å². The molecule has 2 unspecified atom stereocenters. The van der Waals surface area contributed by atoms with E-state index in [-0.39, 0.29) is 33.5 Å². The number of unbranched alkanes of at least 4 members (excludes halogenated alkanes) is 4. The Bertz CT molecular complexity index is 1840. The highest BCUT2D eigenvalue weighted by molar-refractivity contribution is 5.83. The van der Waals surface area contributed by atoms with E-state index in [1.807, 2.05) is 6.07 Å². The fourth-order valence-electron chi connectivity index (χ4n) is 8.11. The number of ether oxygens (including phenoxy) is 1. The number of benzene rings is 3. The highest BCUT2D eigenvalue weighted by Crippen LogP contribution is 2.45. The molecule has 0 radical (unpaired) electrons. The van der Waals surface area contributed by atoms with Crippen molar-refractivity contribution in [2.24, 2.45) is 0 Å². The first-order chi connectivity index (χ1) is 27.6. The van der Waals surface area contributed by atoms with E-state index in [4.69, 9.17) is 4.74 Å². The maximum atomic E-state index is 12.3. The minimum absolute atomic E-state index is 0.0424. The van der Waals surface area contributed by atoms with E-state index in [0.29, 0.717) is 17.2 Å². The van der Waals surface area contributed by atoms with Gasteiger partial charge in [-0.05, 0) is 137 Å². The van der Waals surface area contributed by atoms with Gasteiger partial charge in [-0.3, -0.25) is 0 Å². The zero-order valence-electron chi connectivity index (χ0n) is 40.1. The number of carbonyl (C=O) groups excluding carboxylic acids is 1. The van der Waals surface area contributed by atoms with Crippen molar-refractivity contribution in [2.45, 2.75) is 220 Å². The molecule has 0 heterocycles. The molecule has 4 heteroatoms. The van der Waals surface area contributed by atoms with Crippen LogP contribution in [-0.4, -0.2) is 16.2 Å². The van der Waals surface area contributed by atoms with Crippen molar-refractivity contribution in [3.8, 4) is 17.2 Å². The lowest BCUT2D eigenvalue weighted by Crippen LogP contribution is -2.21. The SMILES string of the molecule is C=CC(=O)Oc1ccc(CCCCCC(C)c2cc(C(C)(C)CC)cc(C(C)(C)CC)c2O)cc1CCCCCC(C)c1cc(C(C)(C)CC)cc(C(C)(C)CC)c1O. The van der Waals surface area contributed by atoms with Crippen molar-refractivity contribution in [1.82, 2.24) is 0 Å². The van der Waals surface area contributed by atoms with Gasteiger partial charge >= 0.3 is 5.97 Å². The first kappa shape index (κ1) is 49.8. The summed E-state index contributed by atoms with van der Waals surface area (Å²) >= 11 is 0. The summed E-state index contributed by atoms with van der Waals surface area (Å²) in [6.07, 6.45) is 15.5. The molecule has 0 aromatic heterocycles. The third kappa shape index (κ3) is 13.0. The largest absolute Gasteiger partial charge is 0.507 e. The summed E-state index contributed by atoms with van der Waals surface area (Å²) in [7, 11) is 0. The van der Waals surface area contributed by atoms with Gasteiger partial charge in [-0.1, -0.05) is 166 Å². The molecule has 0 fully saturated rings. The lowest BCUT2D eigenvalue weighted by molar-refractivity contribution is -0.129. The van der Waals surface area contributed by atoms with E-state index in [9.17, 15) is 15.0 Å². The predicted molar refractivity (Wildman–Crippen MR) is 253 cm³/mol. The molecule has 328 valence electrons. The topological polar surface area (TPSA) is 66.8 Å². The third-order valence-electron chi connectivity index (χ3n) is 14.6. The first-order valence-corrected chi connectivity index (χ1v) is 23.3. The Morgan fingerprint density at radius 2 is 1.03 bits per heavy atom. The zero-order chi connectivity index (χ0) is 44.3. The van der Waals surface area contributed by atoms with Gasteiger partial charge in [0.1, 0.15) is 17.2 Å². The number of carbonyl (C=O) groups is 1. The van der Waals surface area contributed by atoms with E-state index in [2.05, 4.69) is 140 Å². The molecule has 0 aliphatic rings. The molecule has 4 nitrogen and oxygen atoms in total. The standard InChI is InChI=1S/C55H84O4/c1-16-49(56)59-48-32-31-40(29-25-21-23-27-38(6)44-34-42(52(8,9)17-2)36-46(50(44)57)54(12,13)19-4)33-41(48)30-26-22-24-28-39(7)45-35-43(53(10,11)18-3)37-47(51(45)58)55(14,15)20-5/h16,31-39,57-58H,1,17-30H2,2-15H3. The van der Waals surface area contributed by atoms with Gasteiger partial charge in [0.25, 0.3) is 0 Å². The van der Waals surface area contributed by atoms with Gasteiger partial charge in [0.15, 0.2) is 0 Å². The molecule has 0 bridgehead atoms. The Kier molecular flexibility index (Phi) is 18.0. The lowest BCUT2D eigenvalue weighted by atomic mass is 9.74. The average Bonchev–Trinajstić information content (AvgIpc) is 3.20. The second-order valence-electron chi connectivity index (χ2n) is 20.4. The second kappa shape index (κ2) is 21.3. The van der Waals surface area contributed by atoms with Crippen molar-refractivity contribution in [1.29, 1.82) is 0 Å². The monoisotopic (exact) mass is 809 g/mol. The van der Waals surface area contributed by atoms with E-state index >= 15 is 0 Å². The summed E-state index contributed by atoms with van der Waals surface area (Å²) in [5.41, 5.74) is 9.22. The summed E-state index contributed by atoms with van der Waals surface area (Å²) in [6, 6.07) is 15.4. The summed E-state index contributed by atoms with van der Waals surface area (Å²) in [5, 5.41) is 23.2. The Labute approximate surface area is 361 Å². The summed E-state index contributed by atoms with van der Waals surface area (Å²) in [4.78, 5) is 12.3. The zero-order valence-corrected chi connectivity index (χ0v) is 40.1. The fourth-order valence-corrected chi connectivity index (χ4v) is 8.11. The quantitative estimate of drug-likeness (QED) is 0.0409. The molecular weight excluding hydrogens is 725 g/mol. The number of hydrogen-bond acceptors (Lipinski definition) is 4. The van der Waals surface area contributed by atoms with Gasteiger partial charge in [0.05, 0.1) is 0 Å². The number of phenols is 2. The molecular formula is C55H84O4. The first-order valence-electron chi connectivity index (χ1n) is 23.3. The molecule has 0 aliphatic heterocycles. The van der Waals surface area contributed by atoms with E-state index in [1.54, 1.807) is 0 Å². The van der Waals surface area contributed by atoms with Gasteiger partial charge < -0.3 is 14.9 Å². The molecule has 3 rings (SSSR count). The lowest BCUT2D eigenvalue weighted by Gasteiger charge is -2.32. The van der Waals surface area contributed by atoms with Gasteiger partial charge in [-0.25, -0.2) is 4.79 Å². The number of phenolic OH excluding ortho intramolecular Hbond substituents is 2. The van der Waals surface area contributed by atoms with Crippen LogP contribution in [0.25, 0.3) is 0 Å². The van der Waals surface area contributed by atoms with Crippen LogP contribution in [0.2, 0.25) is 0 Å². The van der Waals surface area contributed by atoms with Crippen molar-refractivity contribution < 1.29 is 19.7 Å². The Morgan fingerprint density at radius 1 is 0.610 bits per heavy atom. The van der Waals surface area contributed by atoms with Crippen molar-refractivity contribution in [2.75, 3.05) is 0 Å². The van der Waals surface area contributed by atoms with Crippen LogP contribution in [0.4, 0.5) is 0 Å². The Balaban J connectivity index is 1.65. The van der Waals surface area contributed by atoms with Crippen LogP contribution in [0.3, 0.4) is 0 Å². The number of aromatic hydroxyl groups is 2. The van der Waals surface area contributed by atoms with Crippen molar-refractivity contribution in [3.63, 3.8) is 0 Å². The van der Waals surface area contributed by atoms with Crippen LogP contribution in [0.15, 0.2) is 55.1 Å². The van der Waals surface area contributed by atoms with Crippen LogP contribution in [0, 0.1) is 0 Å². The van der Waals surface area contributed by atoms with Crippen LogP contribution < -0.4 is 4.74 Å². The van der Waals surface area contributed by atoms with Gasteiger partial charge in [0.2, 0.25) is 0 Å². The predicted octanol–water partition coefficient (Wildman–Crippen LogP) is 15.8. The van der Waals surface area contributed by atoms with Crippen LogP contribution in [0.1, 0.15) is 230 Å². The molecule has 3 aromatic carbocycles. The van der Waals surface area contributed by atoms with E-state index in [0.717, 1.165) is 118 Å². The Hall–Kier alpha value is -3.53. The number of aryl methyl sites for hydroxylation is 2. The van der Waals surface area contributed by atoms with Crippen LogP contribution in [0.5, 0.6) is 17.2 Å². The molecule has 0 amide bonds. The molecule has 0 saturated carbocycles. The smallest absolute Gasteiger partial charge is 0.335 e. The third-order valence-corrected chi connectivity index (χ3v) is 14.6. The number of hydrogen-bond donors (Lipinski definition) is 2. The fraction of sp³-hybridized carbons (Fsp3) is 0.618. The van der Waals surface area contributed by atoms with E-state index in [1.165, 1.54) is 22.8 Å². The van der Waals surface area contributed by atoms with Gasteiger partial charge in [-0.2, -0.15) is 0 Å². The highest BCUT2D eigenvalue weighted by atomic mass is 16.5. The average molecular weight is 809 g/mol. The minimum atomic E-state index is -0.430. The molecule has 2 N–H and O–H groups in total. The van der Waals surface area contributed by atoms with Crippen molar-refractivity contribution in [3.05, 3.63) is 99.6 Å². The molecule has 3 aromatic rings. The minimum Gasteiger partial charge on any atom is -0.507 e. The maximum Gasteiger partial charge on any atom is 0.335 e. The number of esters is 1. The Morgan fingerprint density at radius 3 is 1.44 bits per heavy atom. The molecule has 0 saturated heterocycles. The number of rotatable bonds is 24. The van der Waals surface area contributed by atoms with Gasteiger partial charge in [-0.15, -0.1) is 0 Å². The van der Waals surface area contributed by atoms with E-state index < -0.39 is 5.97 Å². The molecule has 0 aliphatic carbocycles. The molecule has 0 spiro atoms. The summed E-state index contributed by atoms with van der Waals surface area (Å²) < 4.78 is 5.70. The van der Waals surface area contributed by atoms with Crippen LogP contribution in [-0.2, 0) is 39.3 Å². The van der Waals surface area contributed by atoms with Gasteiger partial charge in [0, 0.05) is 17.2 Å². The second-order valence-corrected chi connectivity index (χ2v) is 20.4. The molecule has 59 heavy (non-hydrogen) atoms. The maximum absolute atomic E-state index is 12.3. The summed E-state index contributed by atoms with van der Waals surface area (Å²) in [5.74, 6) is 1.69. The van der Waals surface area contributed by atoms with Crippen molar-refractivity contribution >= 4 is 5.97 Å².